The van der Waals surface area contributed by atoms with Crippen LogP contribution in [0.2, 0.25) is 5.02 Å². The van der Waals surface area contributed by atoms with Crippen molar-refractivity contribution in [2.75, 3.05) is 26.7 Å². The topological polar surface area (TPSA) is 15.3 Å². The summed E-state index contributed by atoms with van der Waals surface area (Å²) < 4.78 is 13.3. The van der Waals surface area contributed by atoms with E-state index in [9.17, 15) is 4.39 Å². The SMILES string of the molecule is CCN1CCCC(CNC)C1c1ccc(F)c(Cl)c1. The lowest BCUT2D eigenvalue weighted by molar-refractivity contribution is 0.0981. The molecule has 1 N–H and O–H groups in total. The normalized spacial score (nSPS) is 24.6. The smallest absolute Gasteiger partial charge is 0.141 e. The summed E-state index contributed by atoms with van der Waals surface area (Å²) >= 11 is 5.94. The van der Waals surface area contributed by atoms with Crippen molar-refractivity contribution in [3.05, 3.63) is 34.6 Å². The fourth-order valence-electron chi connectivity index (χ4n) is 3.16. The van der Waals surface area contributed by atoms with Crippen LogP contribution in [0.25, 0.3) is 0 Å². The maximum atomic E-state index is 13.3. The van der Waals surface area contributed by atoms with Crippen LogP contribution in [0.1, 0.15) is 31.4 Å². The first-order chi connectivity index (χ1) is 9.17. The lowest BCUT2D eigenvalue weighted by Gasteiger charge is -2.41. The molecule has 2 nitrogen and oxygen atoms in total. The lowest BCUT2D eigenvalue weighted by Crippen LogP contribution is -2.42. The predicted octanol–water partition coefficient (Wildman–Crippen LogP) is 3.47. The van der Waals surface area contributed by atoms with Gasteiger partial charge in [-0.3, -0.25) is 4.90 Å². The van der Waals surface area contributed by atoms with Crippen LogP contribution < -0.4 is 5.32 Å². The van der Waals surface area contributed by atoms with Gasteiger partial charge in [-0.05, 0) is 63.1 Å². The van der Waals surface area contributed by atoms with Gasteiger partial charge >= 0.3 is 0 Å². The number of halogens is 2. The number of likely N-dealkylation sites (tertiary alicyclic amines) is 1. The third kappa shape index (κ3) is 3.28. The van der Waals surface area contributed by atoms with E-state index < -0.39 is 0 Å². The number of nitrogens with zero attached hydrogens (tertiary/aromatic N) is 1. The van der Waals surface area contributed by atoms with E-state index in [2.05, 4.69) is 17.1 Å². The Morgan fingerprint density at radius 2 is 2.26 bits per heavy atom. The number of nitrogens with one attached hydrogen (secondary N) is 1. The third-order valence-corrected chi connectivity index (χ3v) is 4.31. The van der Waals surface area contributed by atoms with Crippen molar-refractivity contribution >= 4 is 11.6 Å². The van der Waals surface area contributed by atoms with Gasteiger partial charge in [0.15, 0.2) is 0 Å². The lowest BCUT2D eigenvalue weighted by atomic mass is 9.84. The van der Waals surface area contributed by atoms with Gasteiger partial charge in [-0.15, -0.1) is 0 Å². The van der Waals surface area contributed by atoms with E-state index in [4.69, 9.17) is 11.6 Å². The second-order valence-electron chi connectivity index (χ2n) is 5.21. The minimum absolute atomic E-state index is 0.224. The van der Waals surface area contributed by atoms with Crippen LogP contribution in [0.15, 0.2) is 18.2 Å². The third-order valence-electron chi connectivity index (χ3n) is 4.02. The molecule has 1 saturated heterocycles. The molecule has 1 aliphatic rings. The van der Waals surface area contributed by atoms with Crippen LogP contribution in [-0.4, -0.2) is 31.6 Å². The first-order valence-corrected chi connectivity index (χ1v) is 7.38. The highest BCUT2D eigenvalue weighted by Gasteiger charge is 2.31. The van der Waals surface area contributed by atoms with Gasteiger partial charge in [-0.25, -0.2) is 4.39 Å². The van der Waals surface area contributed by atoms with Crippen LogP contribution in [0.5, 0.6) is 0 Å². The Morgan fingerprint density at radius 1 is 1.47 bits per heavy atom. The Kier molecular flexibility index (Phi) is 5.20. The summed E-state index contributed by atoms with van der Waals surface area (Å²) in [6, 6.07) is 5.49. The van der Waals surface area contributed by atoms with E-state index in [-0.39, 0.29) is 10.8 Å². The van der Waals surface area contributed by atoms with Crippen molar-refractivity contribution in [2.45, 2.75) is 25.8 Å². The fourth-order valence-corrected chi connectivity index (χ4v) is 3.35. The van der Waals surface area contributed by atoms with Crippen molar-refractivity contribution in [1.82, 2.24) is 10.2 Å². The summed E-state index contributed by atoms with van der Waals surface area (Å²) in [4.78, 5) is 2.47. The summed E-state index contributed by atoms with van der Waals surface area (Å²) in [5.74, 6) is 0.217. The van der Waals surface area contributed by atoms with Gasteiger partial charge in [0.25, 0.3) is 0 Å². The van der Waals surface area contributed by atoms with Crippen molar-refractivity contribution in [3.8, 4) is 0 Å². The minimum Gasteiger partial charge on any atom is -0.319 e. The van der Waals surface area contributed by atoms with Crippen LogP contribution in [0, 0.1) is 11.7 Å². The molecule has 1 heterocycles. The molecule has 0 spiro atoms. The molecule has 1 aromatic rings. The maximum absolute atomic E-state index is 13.3. The quantitative estimate of drug-likeness (QED) is 0.911. The van der Waals surface area contributed by atoms with Crippen LogP contribution >= 0.6 is 11.6 Å². The number of hydrogen-bond donors (Lipinski definition) is 1. The molecule has 0 aromatic heterocycles. The molecule has 0 saturated carbocycles. The van der Waals surface area contributed by atoms with Crippen LogP contribution in [0.4, 0.5) is 4.39 Å². The Morgan fingerprint density at radius 3 is 2.89 bits per heavy atom. The first kappa shape index (κ1) is 14.8. The Labute approximate surface area is 119 Å². The van der Waals surface area contributed by atoms with Crippen molar-refractivity contribution in [2.24, 2.45) is 5.92 Å². The van der Waals surface area contributed by atoms with Crippen molar-refractivity contribution in [1.29, 1.82) is 0 Å². The summed E-state index contributed by atoms with van der Waals surface area (Å²) in [5.41, 5.74) is 1.13. The van der Waals surface area contributed by atoms with E-state index in [1.165, 1.54) is 18.9 Å². The van der Waals surface area contributed by atoms with E-state index in [1.807, 2.05) is 13.1 Å². The summed E-state index contributed by atoms with van der Waals surface area (Å²) in [5, 5.41) is 3.50. The summed E-state index contributed by atoms with van der Waals surface area (Å²) in [6.45, 7) is 5.28. The molecule has 2 atom stereocenters. The standard InChI is InChI=1S/C15H22ClFN2/c1-3-19-8-4-5-12(10-18-2)15(19)11-6-7-14(17)13(16)9-11/h6-7,9,12,15,18H,3-5,8,10H2,1-2H3. The molecule has 2 rings (SSSR count). The van der Waals surface area contributed by atoms with Crippen LogP contribution in [-0.2, 0) is 0 Å². The monoisotopic (exact) mass is 284 g/mol. The summed E-state index contributed by atoms with van der Waals surface area (Å²) in [7, 11) is 1.99. The van der Waals surface area contributed by atoms with Gasteiger partial charge in [-0.2, -0.15) is 0 Å². The van der Waals surface area contributed by atoms with Crippen molar-refractivity contribution < 1.29 is 4.39 Å². The largest absolute Gasteiger partial charge is 0.319 e. The fraction of sp³-hybridized carbons (Fsp3) is 0.600. The van der Waals surface area contributed by atoms with Gasteiger partial charge in [0.2, 0.25) is 0 Å². The average Bonchev–Trinajstić information content (AvgIpc) is 2.42. The summed E-state index contributed by atoms with van der Waals surface area (Å²) in [6.07, 6.45) is 2.43. The number of benzene rings is 1. The van der Waals surface area contributed by atoms with Crippen molar-refractivity contribution in [3.63, 3.8) is 0 Å². The second kappa shape index (κ2) is 6.69. The molecule has 1 aliphatic heterocycles. The molecule has 106 valence electrons. The molecule has 19 heavy (non-hydrogen) atoms. The molecule has 0 bridgehead atoms. The van der Waals surface area contributed by atoms with Crippen LogP contribution in [0.3, 0.4) is 0 Å². The molecule has 1 aromatic carbocycles. The molecule has 0 radical (unpaired) electrons. The zero-order valence-corrected chi connectivity index (χ0v) is 12.4. The Bertz CT molecular complexity index is 423. The average molecular weight is 285 g/mol. The number of hydrogen-bond acceptors (Lipinski definition) is 2. The number of piperidine rings is 1. The minimum atomic E-state index is -0.338. The highest BCUT2D eigenvalue weighted by atomic mass is 35.5. The predicted molar refractivity (Wildman–Crippen MR) is 78.0 cm³/mol. The van der Waals surface area contributed by atoms with E-state index in [1.54, 1.807) is 6.07 Å². The zero-order chi connectivity index (χ0) is 13.8. The first-order valence-electron chi connectivity index (χ1n) is 7.01. The molecule has 2 unspecified atom stereocenters. The Hall–Kier alpha value is -0.640. The molecule has 4 heteroatoms. The molecular formula is C15H22ClFN2. The number of rotatable bonds is 4. The van der Waals surface area contributed by atoms with E-state index in [0.29, 0.717) is 12.0 Å². The van der Waals surface area contributed by atoms with E-state index in [0.717, 1.165) is 25.2 Å². The zero-order valence-electron chi connectivity index (χ0n) is 11.6. The second-order valence-corrected chi connectivity index (χ2v) is 5.61. The maximum Gasteiger partial charge on any atom is 0.141 e. The molecular weight excluding hydrogens is 263 g/mol. The van der Waals surface area contributed by atoms with E-state index >= 15 is 0 Å². The van der Waals surface area contributed by atoms with Gasteiger partial charge in [-0.1, -0.05) is 24.6 Å². The highest BCUT2D eigenvalue weighted by Crippen LogP contribution is 2.36. The molecule has 1 fully saturated rings. The highest BCUT2D eigenvalue weighted by molar-refractivity contribution is 6.30. The Balaban J connectivity index is 2.30. The van der Waals surface area contributed by atoms with Gasteiger partial charge < -0.3 is 5.32 Å². The van der Waals surface area contributed by atoms with Gasteiger partial charge in [0.05, 0.1) is 5.02 Å². The van der Waals surface area contributed by atoms with Gasteiger partial charge in [0, 0.05) is 6.04 Å². The molecule has 0 amide bonds. The molecule has 0 aliphatic carbocycles. The van der Waals surface area contributed by atoms with Gasteiger partial charge in [0.1, 0.15) is 5.82 Å².